The van der Waals surface area contributed by atoms with E-state index in [1.54, 1.807) is 36.4 Å². The van der Waals surface area contributed by atoms with Crippen LogP contribution in [-0.2, 0) is 20.2 Å². The van der Waals surface area contributed by atoms with Crippen molar-refractivity contribution in [3.8, 4) is 0 Å². The van der Waals surface area contributed by atoms with Crippen molar-refractivity contribution in [3.63, 3.8) is 0 Å². The molecule has 2 aromatic rings. The molecule has 0 aromatic heterocycles. The van der Waals surface area contributed by atoms with Crippen molar-refractivity contribution in [3.05, 3.63) is 60.7 Å². The summed E-state index contributed by atoms with van der Waals surface area (Å²) in [5.74, 6) is 0. The van der Waals surface area contributed by atoms with Gasteiger partial charge in [0.15, 0.2) is 0 Å². The van der Waals surface area contributed by atoms with Crippen molar-refractivity contribution in [2.24, 2.45) is 0 Å². The molecule has 9 heteroatoms. The first-order valence-corrected chi connectivity index (χ1v) is 8.14. The van der Waals surface area contributed by atoms with Gasteiger partial charge >= 0.3 is 0 Å². The first kappa shape index (κ1) is 20.8. The van der Waals surface area contributed by atoms with Gasteiger partial charge in [-0.05, 0) is 24.3 Å². The molecule has 2 N–H and O–H groups in total. The van der Waals surface area contributed by atoms with Gasteiger partial charge in [-0.3, -0.25) is 9.11 Å². The molecule has 0 aliphatic heterocycles. The molecule has 0 aliphatic rings. The van der Waals surface area contributed by atoms with Gasteiger partial charge in [0, 0.05) is 48.9 Å². The van der Waals surface area contributed by atoms with Crippen LogP contribution in [-0.4, -0.2) is 74.8 Å². The van der Waals surface area contributed by atoms with Gasteiger partial charge in [-0.15, -0.1) is 0 Å². The van der Waals surface area contributed by atoms with Crippen molar-refractivity contribution in [2.45, 2.75) is 9.79 Å². The number of rotatable bonds is 2. The number of hydrogen-bond donors (Lipinski definition) is 2. The summed E-state index contributed by atoms with van der Waals surface area (Å²) >= 11 is 0. The van der Waals surface area contributed by atoms with E-state index < -0.39 is 20.2 Å². The summed E-state index contributed by atoms with van der Waals surface area (Å²) in [7, 11) is -8.01. The van der Waals surface area contributed by atoms with E-state index in [2.05, 4.69) is 0 Å². The fourth-order valence-corrected chi connectivity index (χ4v) is 2.19. The van der Waals surface area contributed by atoms with E-state index in [1.165, 1.54) is 24.3 Å². The zero-order valence-electron chi connectivity index (χ0n) is 10.8. The summed E-state index contributed by atoms with van der Waals surface area (Å²) in [5, 5.41) is 0. The third kappa shape index (κ3) is 8.14. The Morgan fingerprint density at radius 1 is 0.571 bits per heavy atom. The SMILES string of the molecule is O=S(=O)(O)c1ccccc1.O=S(=O)(O)c1ccccc1.[Ba]. The van der Waals surface area contributed by atoms with Crippen molar-refractivity contribution < 1.29 is 25.9 Å². The Kier molecular flexibility index (Phi) is 9.01. The average molecular weight is 454 g/mol. The minimum absolute atomic E-state index is 0. The maximum Gasteiger partial charge on any atom is 0.294 e. The Balaban J connectivity index is 0.000000364. The minimum Gasteiger partial charge on any atom is -0.282 e. The Morgan fingerprint density at radius 3 is 0.952 bits per heavy atom. The molecule has 0 fully saturated rings. The minimum atomic E-state index is -4.00. The molecule has 0 unspecified atom stereocenters. The molecule has 0 bridgehead atoms. The van der Waals surface area contributed by atoms with E-state index in [4.69, 9.17) is 9.11 Å². The predicted molar refractivity (Wildman–Crippen MR) is 78.3 cm³/mol. The van der Waals surface area contributed by atoms with E-state index in [-0.39, 0.29) is 58.7 Å². The zero-order chi connectivity index (χ0) is 15.2. The van der Waals surface area contributed by atoms with Crippen LogP contribution in [0.1, 0.15) is 0 Å². The van der Waals surface area contributed by atoms with E-state index in [1.807, 2.05) is 0 Å². The third-order valence-corrected chi connectivity index (χ3v) is 3.82. The Morgan fingerprint density at radius 2 is 0.810 bits per heavy atom. The molecule has 0 saturated heterocycles. The molecule has 0 amide bonds. The Labute approximate surface area is 163 Å². The summed E-state index contributed by atoms with van der Waals surface area (Å²) in [5.41, 5.74) is 0. The topological polar surface area (TPSA) is 109 Å². The monoisotopic (exact) mass is 454 g/mol. The standard InChI is InChI=1S/2C6H6O3S.Ba/c2*7-10(8,9)6-4-2-1-3-5-6;/h2*1-5H,(H,7,8,9);. The maximum absolute atomic E-state index is 10.4. The number of benzene rings is 2. The normalized spacial score (nSPS) is 10.8. The second kappa shape index (κ2) is 9.08. The molecule has 110 valence electrons. The molecule has 0 atom stereocenters. The van der Waals surface area contributed by atoms with Gasteiger partial charge in [-0.25, -0.2) is 0 Å². The summed E-state index contributed by atoms with van der Waals surface area (Å²) in [6, 6.07) is 14.8. The van der Waals surface area contributed by atoms with Crippen LogP contribution >= 0.6 is 0 Å². The van der Waals surface area contributed by atoms with Crippen LogP contribution in [0.4, 0.5) is 0 Å². The van der Waals surface area contributed by atoms with E-state index >= 15 is 0 Å². The first-order valence-electron chi connectivity index (χ1n) is 5.26. The first-order chi connectivity index (χ1) is 9.21. The van der Waals surface area contributed by atoms with Crippen LogP contribution in [0.15, 0.2) is 70.5 Å². The van der Waals surface area contributed by atoms with E-state index in [0.29, 0.717) is 0 Å². The van der Waals surface area contributed by atoms with E-state index in [0.717, 1.165) is 0 Å². The largest absolute Gasteiger partial charge is 0.294 e. The molecular formula is C12H12BaO6S2. The van der Waals surface area contributed by atoms with Gasteiger partial charge in [-0.1, -0.05) is 36.4 Å². The van der Waals surface area contributed by atoms with Gasteiger partial charge in [-0.2, -0.15) is 16.8 Å². The van der Waals surface area contributed by atoms with Crippen LogP contribution in [0.3, 0.4) is 0 Å². The molecule has 6 nitrogen and oxygen atoms in total. The van der Waals surface area contributed by atoms with Gasteiger partial charge in [0.2, 0.25) is 0 Å². The summed E-state index contributed by atoms with van der Waals surface area (Å²) in [6.07, 6.45) is 0. The van der Waals surface area contributed by atoms with Crippen molar-refractivity contribution in [1.82, 2.24) is 0 Å². The van der Waals surface area contributed by atoms with Crippen LogP contribution in [0.5, 0.6) is 0 Å². The Hall–Kier alpha value is -0.169. The van der Waals surface area contributed by atoms with Gasteiger partial charge in [0.05, 0.1) is 9.79 Å². The fraction of sp³-hybridized carbons (Fsp3) is 0. The van der Waals surface area contributed by atoms with E-state index in [9.17, 15) is 16.8 Å². The average Bonchev–Trinajstić information content (AvgIpc) is 2.40. The molecule has 0 spiro atoms. The van der Waals surface area contributed by atoms with Crippen LogP contribution in [0.25, 0.3) is 0 Å². The predicted octanol–water partition coefficient (Wildman–Crippen LogP) is 1.49. The molecular weight excluding hydrogens is 442 g/mol. The van der Waals surface area contributed by atoms with Gasteiger partial charge in [0.1, 0.15) is 0 Å². The summed E-state index contributed by atoms with van der Waals surface area (Å²) in [6.45, 7) is 0. The second-order valence-corrected chi connectivity index (χ2v) is 6.42. The van der Waals surface area contributed by atoms with Crippen molar-refractivity contribution in [2.75, 3.05) is 0 Å². The maximum atomic E-state index is 10.4. The van der Waals surface area contributed by atoms with Crippen LogP contribution in [0, 0.1) is 0 Å². The molecule has 2 aromatic carbocycles. The van der Waals surface area contributed by atoms with Crippen LogP contribution in [0.2, 0.25) is 0 Å². The molecule has 0 saturated carbocycles. The smallest absolute Gasteiger partial charge is 0.282 e. The molecule has 0 heterocycles. The Bertz CT molecular complexity index is 675. The molecule has 2 radical (unpaired) electrons. The van der Waals surface area contributed by atoms with Crippen molar-refractivity contribution >= 4 is 69.1 Å². The zero-order valence-corrected chi connectivity index (χ0v) is 16.9. The van der Waals surface area contributed by atoms with Crippen LogP contribution < -0.4 is 0 Å². The quantitative estimate of drug-likeness (QED) is 0.527. The third-order valence-electron chi connectivity index (χ3n) is 2.08. The second-order valence-electron chi connectivity index (χ2n) is 3.58. The fourth-order valence-electron chi connectivity index (χ4n) is 1.18. The number of hydrogen-bond acceptors (Lipinski definition) is 4. The molecule has 21 heavy (non-hydrogen) atoms. The summed E-state index contributed by atoms with van der Waals surface area (Å²) < 4.78 is 58.5. The molecule has 0 aliphatic carbocycles. The van der Waals surface area contributed by atoms with Gasteiger partial charge in [0.25, 0.3) is 20.2 Å². The molecule has 2 rings (SSSR count). The summed E-state index contributed by atoms with van der Waals surface area (Å²) in [4.78, 5) is -0.148. The van der Waals surface area contributed by atoms with Gasteiger partial charge < -0.3 is 0 Å². The van der Waals surface area contributed by atoms with Crippen molar-refractivity contribution in [1.29, 1.82) is 0 Å².